The van der Waals surface area contributed by atoms with Crippen LogP contribution in [0.3, 0.4) is 0 Å². The Balaban J connectivity index is 1.59. The van der Waals surface area contributed by atoms with Gasteiger partial charge >= 0.3 is 0 Å². The number of hydrogen-bond donors (Lipinski definition) is 2. The summed E-state index contributed by atoms with van der Waals surface area (Å²) in [6.07, 6.45) is 1.58. The number of carbonyl (C=O) groups excluding carboxylic acids is 2. The smallest absolute Gasteiger partial charge is 0.241 e. The fraction of sp³-hybridized carbons (Fsp3) is 0.0455. The number of nitrogens with zero attached hydrogens (tertiary/aromatic N) is 1. The first-order valence-electron chi connectivity index (χ1n) is 8.97. The standard InChI is InChI=1S/C22H16FN3O3S/c23-15-12-13(19(21(24)27)22(28)26-14-4-2-1-3-5-14)6-7-17(15)29-18-8-10-25-16-9-11-30-20(16)18/h1-12,19H,(H2,24,27)(H,26,28). The van der Waals surface area contributed by atoms with E-state index >= 15 is 0 Å². The molecule has 0 saturated heterocycles. The number of fused-ring (bicyclic) bond motifs is 1. The van der Waals surface area contributed by atoms with Crippen molar-refractivity contribution in [2.75, 3.05) is 5.32 Å². The molecule has 2 aromatic carbocycles. The van der Waals surface area contributed by atoms with Crippen molar-refractivity contribution >= 4 is 39.1 Å². The number of ether oxygens (including phenoxy) is 1. The minimum atomic E-state index is -1.35. The fourth-order valence-electron chi connectivity index (χ4n) is 3.01. The van der Waals surface area contributed by atoms with Gasteiger partial charge in [0.1, 0.15) is 11.7 Å². The highest BCUT2D eigenvalue weighted by Crippen LogP contribution is 2.34. The van der Waals surface area contributed by atoms with Crippen LogP contribution >= 0.6 is 11.3 Å². The number of halogens is 1. The highest BCUT2D eigenvalue weighted by molar-refractivity contribution is 7.17. The molecule has 2 amide bonds. The molecular formula is C22H16FN3O3S. The average Bonchev–Trinajstić information content (AvgIpc) is 3.20. The molecule has 1 atom stereocenters. The average molecular weight is 421 g/mol. The summed E-state index contributed by atoms with van der Waals surface area (Å²) in [7, 11) is 0. The molecule has 6 nitrogen and oxygen atoms in total. The van der Waals surface area contributed by atoms with E-state index in [1.54, 1.807) is 42.6 Å². The van der Waals surface area contributed by atoms with Gasteiger partial charge in [0.05, 0.1) is 10.2 Å². The van der Waals surface area contributed by atoms with Gasteiger partial charge in [0.25, 0.3) is 0 Å². The Morgan fingerprint density at radius 3 is 2.60 bits per heavy atom. The zero-order valence-electron chi connectivity index (χ0n) is 15.5. The summed E-state index contributed by atoms with van der Waals surface area (Å²) in [5.41, 5.74) is 6.82. The van der Waals surface area contributed by atoms with Gasteiger partial charge in [-0.3, -0.25) is 14.6 Å². The van der Waals surface area contributed by atoms with E-state index in [1.807, 2.05) is 11.4 Å². The number of rotatable bonds is 6. The summed E-state index contributed by atoms with van der Waals surface area (Å²) in [6, 6.07) is 16.0. The molecule has 30 heavy (non-hydrogen) atoms. The lowest BCUT2D eigenvalue weighted by Crippen LogP contribution is -2.32. The molecule has 0 aliphatic heterocycles. The van der Waals surface area contributed by atoms with Crippen LogP contribution in [-0.2, 0) is 9.59 Å². The van der Waals surface area contributed by atoms with Gasteiger partial charge in [-0.15, -0.1) is 11.3 Å². The topological polar surface area (TPSA) is 94.3 Å². The van der Waals surface area contributed by atoms with E-state index in [4.69, 9.17) is 10.5 Å². The van der Waals surface area contributed by atoms with Gasteiger partial charge in [-0.2, -0.15) is 0 Å². The van der Waals surface area contributed by atoms with Crippen molar-refractivity contribution in [2.45, 2.75) is 5.92 Å². The summed E-state index contributed by atoms with van der Waals surface area (Å²) in [6.45, 7) is 0. The molecule has 4 rings (SSSR count). The third kappa shape index (κ3) is 3.99. The molecule has 3 N–H and O–H groups in total. The molecule has 2 heterocycles. The SMILES string of the molecule is NC(=O)C(C(=O)Nc1ccccc1)c1ccc(Oc2ccnc3ccsc23)c(F)c1. The molecule has 0 saturated carbocycles. The summed E-state index contributed by atoms with van der Waals surface area (Å²) in [5.74, 6) is -3.16. The molecule has 0 bridgehead atoms. The Kier molecular flexibility index (Phi) is 5.40. The van der Waals surface area contributed by atoms with E-state index in [0.717, 1.165) is 16.3 Å². The summed E-state index contributed by atoms with van der Waals surface area (Å²) >= 11 is 1.43. The Hall–Kier alpha value is -3.78. The lowest BCUT2D eigenvalue weighted by molar-refractivity contribution is -0.127. The lowest BCUT2D eigenvalue weighted by Gasteiger charge is -2.15. The summed E-state index contributed by atoms with van der Waals surface area (Å²) in [4.78, 5) is 28.7. The minimum absolute atomic E-state index is 0.0358. The third-order valence-corrected chi connectivity index (χ3v) is 5.32. The number of hydrogen-bond acceptors (Lipinski definition) is 5. The number of aromatic nitrogens is 1. The van der Waals surface area contributed by atoms with Gasteiger partial charge in [0.2, 0.25) is 11.8 Å². The number of anilines is 1. The van der Waals surface area contributed by atoms with Crippen LogP contribution in [0.4, 0.5) is 10.1 Å². The lowest BCUT2D eigenvalue weighted by atomic mass is 9.97. The number of nitrogens with one attached hydrogen (secondary N) is 1. The van der Waals surface area contributed by atoms with Gasteiger partial charge in [0, 0.05) is 18.0 Å². The predicted molar refractivity (Wildman–Crippen MR) is 113 cm³/mol. The zero-order valence-corrected chi connectivity index (χ0v) is 16.4. The second kappa shape index (κ2) is 8.30. The Labute approximate surface area is 175 Å². The van der Waals surface area contributed by atoms with Crippen LogP contribution in [0.15, 0.2) is 72.2 Å². The van der Waals surface area contributed by atoms with Crippen molar-refractivity contribution < 1.29 is 18.7 Å². The van der Waals surface area contributed by atoms with Gasteiger partial charge in [-0.25, -0.2) is 4.39 Å². The molecule has 150 valence electrons. The van der Waals surface area contributed by atoms with E-state index in [0.29, 0.717) is 11.4 Å². The third-order valence-electron chi connectivity index (χ3n) is 4.40. The number of para-hydroxylation sites is 1. The molecule has 4 aromatic rings. The van der Waals surface area contributed by atoms with Crippen LogP contribution in [0.25, 0.3) is 10.2 Å². The predicted octanol–water partition coefficient (Wildman–Crippen LogP) is 4.44. The Morgan fingerprint density at radius 2 is 1.87 bits per heavy atom. The van der Waals surface area contributed by atoms with Gasteiger partial charge in [0.15, 0.2) is 11.6 Å². The van der Waals surface area contributed by atoms with Crippen LogP contribution in [-0.4, -0.2) is 16.8 Å². The maximum Gasteiger partial charge on any atom is 0.241 e. The van der Waals surface area contributed by atoms with Crippen LogP contribution in [0, 0.1) is 5.82 Å². The zero-order chi connectivity index (χ0) is 21.1. The first kappa shape index (κ1) is 19.5. The number of pyridine rings is 1. The van der Waals surface area contributed by atoms with Gasteiger partial charge in [-0.05, 0) is 41.3 Å². The molecule has 0 radical (unpaired) electrons. The molecule has 1 unspecified atom stereocenters. The van der Waals surface area contributed by atoms with Crippen molar-refractivity contribution in [3.8, 4) is 11.5 Å². The van der Waals surface area contributed by atoms with E-state index < -0.39 is 23.5 Å². The number of amides is 2. The Morgan fingerprint density at radius 1 is 1.07 bits per heavy atom. The number of benzene rings is 2. The second-order valence-electron chi connectivity index (χ2n) is 6.43. The van der Waals surface area contributed by atoms with Gasteiger partial charge < -0.3 is 15.8 Å². The molecule has 0 aliphatic carbocycles. The van der Waals surface area contributed by atoms with Gasteiger partial charge in [-0.1, -0.05) is 24.3 Å². The molecule has 0 fully saturated rings. The largest absolute Gasteiger partial charge is 0.453 e. The second-order valence-corrected chi connectivity index (χ2v) is 7.34. The van der Waals surface area contributed by atoms with Crippen molar-refractivity contribution in [1.82, 2.24) is 4.98 Å². The number of primary amides is 1. The molecule has 0 aliphatic rings. The van der Waals surface area contributed by atoms with Crippen molar-refractivity contribution in [1.29, 1.82) is 0 Å². The first-order valence-corrected chi connectivity index (χ1v) is 9.85. The molecule has 2 aromatic heterocycles. The van der Waals surface area contributed by atoms with Crippen LogP contribution < -0.4 is 15.8 Å². The molecule has 8 heteroatoms. The number of carbonyl (C=O) groups is 2. The maximum atomic E-state index is 14.8. The summed E-state index contributed by atoms with van der Waals surface area (Å²) < 4.78 is 21.3. The van der Waals surface area contributed by atoms with Crippen LogP contribution in [0.5, 0.6) is 11.5 Å². The first-order chi connectivity index (χ1) is 14.5. The quantitative estimate of drug-likeness (QED) is 0.450. The van der Waals surface area contributed by atoms with E-state index in [2.05, 4.69) is 10.3 Å². The highest BCUT2D eigenvalue weighted by Gasteiger charge is 2.27. The van der Waals surface area contributed by atoms with E-state index in [-0.39, 0.29) is 11.3 Å². The van der Waals surface area contributed by atoms with E-state index in [9.17, 15) is 14.0 Å². The summed E-state index contributed by atoms with van der Waals surface area (Å²) in [5, 5.41) is 4.48. The Bertz CT molecular complexity index is 1230. The monoisotopic (exact) mass is 421 g/mol. The minimum Gasteiger partial charge on any atom is -0.453 e. The molecular weight excluding hydrogens is 405 g/mol. The van der Waals surface area contributed by atoms with Crippen LogP contribution in [0.1, 0.15) is 11.5 Å². The normalized spacial score (nSPS) is 11.8. The molecule has 0 spiro atoms. The van der Waals surface area contributed by atoms with Crippen molar-refractivity contribution in [2.24, 2.45) is 5.73 Å². The maximum absolute atomic E-state index is 14.8. The van der Waals surface area contributed by atoms with Crippen molar-refractivity contribution in [3.05, 3.63) is 83.6 Å². The number of thiophene rings is 1. The fourth-order valence-corrected chi connectivity index (χ4v) is 3.81. The highest BCUT2D eigenvalue weighted by atomic mass is 32.1. The number of nitrogens with two attached hydrogens (primary N) is 1. The van der Waals surface area contributed by atoms with Crippen LogP contribution in [0.2, 0.25) is 0 Å². The van der Waals surface area contributed by atoms with E-state index in [1.165, 1.54) is 23.5 Å². The van der Waals surface area contributed by atoms with Crippen molar-refractivity contribution in [3.63, 3.8) is 0 Å².